The molecule has 1 N–H and O–H groups in total. The van der Waals surface area contributed by atoms with Gasteiger partial charge < -0.3 is 4.90 Å². The Balaban J connectivity index is 1.14. The summed E-state index contributed by atoms with van der Waals surface area (Å²) in [4.78, 5) is 35.5. The second-order valence-electron chi connectivity index (χ2n) is 11.4. The number of rotatable bonds is 6. The minimum absolute atomic E-state index is 0.160. The molecule has 2 aromatic carbocycles. The van der Waals surface area contributed by atoms with Gasteiger partial charge >= 0.3 is 0 Å². The first-order valence-corrected chi connectivity index (χ1v) is 14.0. The number of H-pyrrole nitrogens is 1. The smallest absolute Gasteiger partial charge is 0.256 e. The van der Waals surface area contributed by atoms with E-state index in [4.69, 9.17) is 4.99 Å². The molecule has 3 fully saturated rings. The van der Waals surface area contributed by atoms with Crippen LogP contribution in [0.5, 0.6) is 0 Å². The number of likely N-dealkylation sites (tertiary alicyclic amines) is 1. The Morgan fingerprint density at radius 1 is 0.947 bits per heavy atom. The third kappa shape index (κ3) is 4.14. The van der Waals surface area contributed by atoms with Gasteiger partial charge in [-0.3, -0.25) is 24.6 Å². The highest BCUT2D eigenvalue weighted by Gasteiger charge is 2.50. The van der Waals surface area contributed by atoms with Crippen LogP contribution in [0.3, 0.4) is 0 Å². The van der Waals surface area contributed by atoms with E-state index in [2.05, 4.69) is 58.7 Å². The molecule has 3 heterocycles. The van der Waals surface area contributed by atoms with E-state index in [1.807, 2.05) is 15.9 Å². The van der Waals surface area contributed by atoms with Crippen LogP contribution in [-0.2, 0) is 9.59 Å². The monoisotopic (exact) mass is 507 g/mol. The maximum absolute atomic E-state index is 13.8. The van der Waals surface area contributed by atoms with E-state index in [9.17, 15) is 9.59 Å². The Kier molecular flexibility index (Phi) is 5.68. The van der Waals surface area contributed by atoms with Gasteiger partial charge in [0.05, 0.1) is 5.69 Å². The summed E-state index contributed by atoms with van der Waals surface area (Å²) in [6.07, 6.45) is 8.55. The molecule has 38 heavy (non-hydrogen) atoms. The SMILES string of the molecule is O=C(C1CC1)N1CCC(CN2C(=O)C3(CCCC3)N=C2c2ccc(-c3cccc(-c4ccn[nH]4)c3)cc2)C1. The molecule has 4 aliphatic rings. The van der Waals surface area contributed by atoms with E-state index in [0.717, 1.165) is 91.8 Å². The van der Waals surface area contributed by atoms with Crippen molar-refractivity contribution in [2.24, 2.45) is 16.8 Å². The van der Waals surface area contributed by atoms with Gasteiger partial charge in [0.1, 0.15) is 11.4 Å². The van der Waals surface area contributed by atoms with Gasteiger partial charge in [-0.2, -0.15) is 5.10 Å². The van der Waals surface area contributed by atoms with E-state index in [1.54, 1.807) is 6.20 Å². The number of aromatic nitrogens is 2. The third-order valence-electron chi connectivity index (χ3n) is 8.77. The Morgan fingerprint density at radius 2 is 1.71 bits per heavy atom. The number of aliphatic imine (C=N–C) groups is 1. The molecule has 0 bridgehead atoms. The zero-order valence-electron chi connectivity index (χ0n) is 21.6. The number of carbonyl (C=O) groups is 2. The lowest BCUT2D eigenvalue weighted by atomic mass is 9.97. The Hall–Kier alpha value is -3.74. The van der Waals surface area contributed by atoms with Crippen LogP contribution in [0.2, 0.25) is 0 Å². The third-order valence-corrected chi connectivity index (χ3v) is 8.77. The number of amides is 2. The van der Waals surface area contributed by atoms with Gasteiger partial charge in [-0.15, -0.1) is 0 Å². The first kappa shape index (κ1) is 23.4. The molecule has 3 aromatic rings. The molecule has 1 atom stereocenters. The second-order valence-corrected chi connectivity index (χ2v) is 11.4. The molecule has 1 aromatic heterocycles. The van der Waals surface area contributed by atoms with Crippen LogP contribution in [0, 0.1) is 11.8 Å². The average molecular weight is 508 g/mol. The van der Waals surface area contributed by atoms with Crippen LogP contribution in [-0.4, -0.2) is 62.8 Å². The van der Waals surface area contributed by atoms with Crippen molar-refractivity contribution in [3.8, 4) is 22.4 Å². The van der Waals surface area contributed by atoms with Gasteiger partial charge in [0.15, 0.2) is 0 Å². The lowest BCUT2D eigenvalue weighted by molar-refractivity contribution is -0.131. The summed E-state index contributed by atoms with van der Waals surface area (Å²) in [5, 5.41) is 7.10. The average Bonchev–Trinajstić information content (AvgIpc) is 3.33. The highest BCUT2D eigenvalue weighted by molar-refractivity contribution is 6.15. The van der Waals surface area contributed by atoms with Crippen molar-refractivity contribution < 1.29 is 9.59 Å². The zero-order valence-corrected chi connectivity index (χ0v) is 21.6. The number of nitrogens with one attached hydrogen (secondary N) is 1. The lowest BCUT2D eigenvalue weighted by Gasteiger charge is -2.25. The zero-order chi connectivity index (χ0) is 25.7. The molecule has 7 rings (SSSR count). The van der Waals surface area contributed by atoms with Crippen LogP contribution in [0.25, 0.3) is 22.4 Å². The normalized spacial score (nSPS) is 22.5. The van der Waals surface area contributed by atoms with Crippen LogP contribution in [0.15, 0.2) is 65.8 Å². The van der Waals surface area contributed by atoms with Gasteiger partial charge in [-0.25, -0.2) is 0 Å². The maximum atomic E-state index is 13.8. The fourth-order valence-corrected chi connectivity index (χ4v) is 6.46. The van der Waals surface area contributed by atoms with Crippen molar-refractivity contribution in [1.82, 2.24) is 20.0 Å². The first-order chi connectivity index (χ1) is 18.6. The molecule has 194 valence electrons. The number of carbonyl (C=O) groups excluding carboxylic acids is 2. The largest absolute Gasteiger partial charge is 0.342 e. The summed E-state index contributed by atoms with van der Waals surface area (Å²) in [5.74, 6) is 1.83. The number of hydrogen-bond acceptors (Lipinski definition) is 4. The predicted octanol–water partition coefficient (Wildman–Crippen LogP) is 4.90. The van der Waals surface area contributed by atoms with Crippen LogP contribution >= 0.6 is 0 Å². The summed E-state index contributed by atoms with van der Waals surface area (Å²) in [5.41, 5.74) is 4.73. The van der Waals surface area contributed by atoms with E-state index in [0.29, 0.717) is 18.4 Å². The van der Waals surface area contributed by atoms with Crippen molar-refractivity contribution in [3.05, 3.63) is 66.4 Å². The van der Waals surface area contributed by atoms with Gasteiger partial charge in [-0.1, -0.05) is 55.3 Å². The molecule has 1 spiro atoms. The molecule has 1 saturated heterocycles. The van der Waals surface area contributed by atoms with E-state index in [-0.39, 0.29) is 11.8 Å². The number of nitrogens with zero attached hydrogens (tertiary/aromatic N) is 4. The van der Waals surface area contributed by atoms with Crippen molar-refractivity contribution in [2.45, 2.75) is 50.5 Å². The summed E-state index contributed by atoms with van der Waals surface area (Å²) in [6, 6.07) is 18.8. The van der Waals surface area contributed by atoms with Gasteiger partial charge in [0.2, 0.25) is 5.91 Å². The van der Waals surface area contributed by atoms with Crippen LogP contribution in [0.4, 0.5) is 0 Å². The quantitative estimate of drug-likeness (QED) is 0.515. The van der Waals surface area contributed by atoms with Crippen molar-refractivity contribution >= 4 is 17.6 Å². The highest BCUT2D eigenvalue weighted by Crippen LogP contribution is 2.41. The Bertz CT molecular complexity index is 1380. The minimum atomic E-state index is -0.589. The minimum Gasteiger partial charge on any atom is -0.342 e. The fraction of sp³-hybridized carbons (Fsp3) is 0.419. The van der Waals surface area contributed by atoms with Gasteiger partial charge in [0.25, 0.3) is 5.91 Å². The molecular formula is C31H33N5O2. The van der Waals surface area contributed by atoms with Gasteiger partial charge in [0, 0.05) is 42.9 Å². The second kappa shape index (κ2) is 9.22. The molecule has 0 radical (unpaired) electrons. The van der Waals surface area contributed by atoms with E-state index in [1.165, 1.54) is 0 Å². The molecule has 7 heteroatoms. The van der Waals surface area contributed by atoms with Gasteiger partial charge in [-0.05, 0) is 61.3 Å². The lowest BCUT2D eigenvalue weighted by Crippen LogP contribution is -2.44. The molecule has 2 aliphatic heterocycles. The van der Waals surface area contributed by atoms with E-state index < -0.39 is 5.54 Å². The van der Waals surface area contributed by atoms with Crippen molar-refractivity contribution in [2.75, 3.05) is 19.6 Å². The fourth-order valence-electron chi connectivity index (χ4n) is 6.46. The van der Waals surface area contributed by atoms with Crippen LogP contribution in [0.1, 0.15) is 50.5 Å². The maximum Gasteiger partial charge on any atom is 0.256 e. The molecule has 2 amide bonds. The number of benzene rings is 2. The predicted molar refractivity (Wildman–Crippen MR) is 146 cm³/mol. The molecule has 2 saturated carbocycles. The highest BCUT2D eigenvalue weighted by atomic mass is 16.2. The molecule has 7 nitrogen and oxygen atoms in total. The van der Waals surface area contributed by atoms with Crippen LogP contribution < -0.4 is 0 Å². The summed E-state index contributed by atoms with van der Waals surface area (Å²) < 4.78 is 0. The Morgan fingerprint density at radius 3 is 2.45 bits per heavy atom. The molecule has 1 unspecified atom stereocenters. The topological polar surface area (TPSA) is 81.7 Å². The van der Waals surface area contributed by atoms with E-state index >= 15 is 0 Å². The molecule has 2 aliphatic carbocycles. The first-order valence-electron chi connectivity index (χ1n) is 14.0. The summed E-state index contributed by atoms with van der Waals surface area (Å²) >= 11 is 0. The standard InChI is InChI=1S/C31H33N5O2/c37-29(24-10-11-24)35-17-13-21(19-35)20-36-28(33-31(30(36)38)14-1-2-15-31)23-8-6-22(7-9-23)25-4-3-5-26(18-25)27-12-16-32-34-27/h3-9,12,16,18,21,24H,1-2,10-11,13-15,17,19-20H2,(H,32,34). The number of hydrogen-bond donors (Lipinski definition) is 1. The van der Waals surface area contributed by atoms with Crippen molar-refractivity contribution in [1.29, 1.82) is 0 Å². The Labute approximate surface area is 222 Å². The summed E-state index contributed by atoms with van der Waals surface area (Å²) in [6.45, 7) is 2.21. The number of amidine groups is 1. The summed E-state index contributed by atoms with van der Waals surface area (Å²) in [7, 11) is 0. The number of aromatic amines is 1. The van der Waals surface area contributed by atoms with Crippen molar-refractivity contribution in [3.63, 3.8) is 0 Å². The molecular weight excluding hydrogens is 474 g/mol.